The first kappa shape index (κ1) is 13.2. The van der Waals surface area contributed by atoms with Crippen molar-refractivity contribution in [2.75, 3.05) is 0 Å². The van der Waals surface area contributed by atoms with E-state index >= 15 is 0 Å². The number of pyridine rings is 2. The SMILES string of the molecule is CC(NC(C)c1cnc2ccsc2c1)c1cccnc1. The van der Waals surface area contributed by atoms with Crippen molar-refractivity contribution in [1.29, 1.82) is 0 Å². The van der Waals surface area contributed by atoms with Crippen molar-refractivity contribution < 1.29 is 0 Å². The largest absolute Gasteiger partial charge is 0.304 e. The van der Waals surface area contributed by atoms with Crippen LogP contribution in [0, 0.1) is 0 Å². The van der Waals surface area contributed by atoms with Gasteiger partial charge in [0.1, 0.15) is 0 Å². The molecule has 1 N–H and O–H groups in total. The summed E-state index contributed by atoms with van der Waals surface area (Å²) in [5.41, 5.74) is 3.49. The first-order valence-corrected chi connectivity index (χ1v) is 7.61. The first-order chi connectivity index (χ1) is 9.74. The Hall–Kier alpha value is -1.78. The molecule has 4 heteroatoms. The number of aromatic nitrogens is 2. The Labute approximate surface area is 122 Å². The van der Waals surface area contributed by atoms with Gasteiger partial charge in [0, 0.05) is 30.7 Å². The number of nitrogens with one attached hydrogen (secondary N) is 1. The molecule has 0 radical (unpaired) electrons. The highest BCUT2D eigenvalue weighted by atomic mass is 32.1. The van der Waals surface area contributed by atoms with Crippen molar-refractivity contribution in [1.82, 2.24) is 15.3 Å². The first-order valence-electron chi connectivity index (χ1n) is 6.73. The fourth-order valence-corrected chi connectivity index (χ4v) is 3.09. The summed E-state index contributed by atoms with van der Waals surface area (Å²) in [4.78, 5) is 8.67. The van der Waals surface area contributed by atoms with Crippen LogP contribution in [0.3, 0.4) is 0 Å². The number of nitrogens with zero attached hydrogens (tertiary/aromatic N) is 2. The highest BCUT2D eigenvalue weighted by Crippen LogP contribution is 2.24. The molecule has 3 nitrogen and oxygen atoms in total. The normalized spacial score (nSPS) is 14.3. The van der Waals surface area contributed by atoms with Crippen LogP contribution in [0.15, 0.2) is 48.2 Å². The van der Waals surface area contributed by atoms with Crippen molar-refractivity contribution >= 4 is 21.6 Å². The van der Waals surface area contributed by atoms with Gasteiger partial charge in [0.05, 0.1) is 10.2 Å². The van der Waals surface area contributed by atoms with E-state index in [1.807, 2.05) is 18.5 Å². The molecule has 3 aromatic rings. The predicted octanol–water partition coefficient (Wildman–Crippen LogP) is 4.10. The van der Waals surface area contributed by atoms with Crippen LogP contribution in [-0.4, -0.2) is 9.97 Å². The lowest BCUT2D eigenvalue weighted by Gasteiger charge is -2.20. The molecule has 2 atom stereocenters. The number of hydrogen-bond acceptors (Lipinski definition) is 4. The number of thiophene rings is 1. The molecule has 0 aliphatic rings. The van der Waals surface area contributed by atoms with E-state index in [0.717, 1.165) is 5.52 Å². The van der Waals surface area contributed by atoms with E-state index in [1.54, 1.807) is 17.5 Å². The third-order valence-corrected chi connectivity index (χ3v) is 4.36. The van der Waals surface area contributed by atoms with E-state index in [0.29, 0.717) is 0 Å². The molecule has 0 spiro atoms. The van der Waals surface area contributed by atoms with E-state index in [9.17, 15) is 0 Å². The van der Waals surface area contributed by atoms with Gasteiger partial charge in [0.15, 0.2) is 0 Å². The summed E-state index contributed by atoms with van der Waals surface area (Å²) < 4.78 is 1.24. The third-order valence-electron chi connectivity index (χ3n) is 3.51. The summed E-state index contributed by atoms with van der Waals surface area (Å²) in [6, 6.07) is 8.86. The lowest BCUT2D eigenvalue weighted by atomic mass is 10.1. The summed E-state index contributed by atoms with van der Waals surface area (Å²) in [6.45, 7) is 4.33. The zero-order chi connectivity index (χ0) is 13.9. The van der Waals surface area contributed by atoms with Crippen LogP contribution in [0.2, 0.25) is 0 Å². The van der Waals surface area contributed by atoms with Crippen LogP contribution in [0.25, 0.3) is 10.2 Å². The van der Waals surface area contributed by atoms with E-state index in [-0.39, 0.29) is 12.1 Å². The maximum absolute atomic E-state index is 4.50. The lowest BCUT2D eigenvalue weighted by molar-refractivity contribution is 0.493. The maximum Gasteiger partial charge on any atom is 0.0809 e. The molecule has 0 fully saturated rings. The molecule has 20 heavy (non-hydrogen) atoms. The van der Waals surface area contributed by atoms with Crippen molar-refractivity contribution in [2.45, 2.75) is 25.9 Å². The van der Waals surface area contributed by atoms with E-state index < -0.39 is 0 Å². The van der Waals surface area contributed by atoms with Gasteiger partial charge in [-0.1, -0.05) is 6.07 Å². The molecule has 0 amide bonds. The van der Waals surface area contributed by atoms with Gasteiger partial charge in [-0.15, -0.1) is 11.3 Å². The van der Waals surface area contributed by atoms with E-state index in [4.69, 9.17) is 0 Å². The summed E-state index contributed by atoms with van der Waals surface area (Å²) in [5, 5.41) is 5.68. The van der Waals surface area contributed by atoms with Crippen molar-refractivity contribution in [3.05, 3.63) is 59.4 Å². The second-order valence-corrected chi connectivity index (χ2v) is 5.92. The van der Waals surface area contributed by atoms with Gasteiger partial charge in [0.2, 0.25) is 0 Å². The highest BCUT2D eigenvalue weighted by molar-refractivity contribution is 7.17. The molecular weight excluding hydrogens is 266 g/mol. The zero-order valence-corrected chi connectivity index (χ0v) is 12.4. The molecule has 0 aliphatic heterocycles. The zero-order valence-electron chi connectivity index (χ0n) is 11.6. The predicted molar refractivity (Wildman–Crippen MR) is 83.8 cm³/mol. The average molecular weight is 283 g/mol. The second-order valence-electron chi connectivity index (χ2n) is 4.97. The molecule has 0 aromatic carbocycles. The minimum atomic E-state index is 0.254. The Bertz CT molecular complexity index is 693. The molecule has 3 heterocycles. The van der Waals surface area contributed by atoms with Gasteiger partial charge in [-0.05, 0) is 48.6 Å². The van der Waals surface area contributed by atoms with E-state index in [2.05, 4.69) is 52.7 Å². The Kier molecular flexibility index (Phi) is 3.76. The van der Waals surface area contributed by atoms with Crippen molar-refractivity contribution in [2.24, 2.45) is 0 Å². The lowest BCUT2D eigenvalue weighted by Crippen LogP contribution is -2.22. The third kappa shape index (κ3) is 2.71. The maximum atomic E-state index is 4.50. The van der Waals surface area contributed by atoms with E-state index in [1.165, 1.54) is 15.8 Å². The fourth-order valence-electron chi connectivity index (χ4n) is 2.30. The molecule has 0 saturated heterocycles. The molecule has 0 aliphatic carbocycles. The second kappa shape index (κ2) is 5.69. The average Bonchev–Trinajstić information content (AvgIpc) is 2.95. The van der Waals surface area contributed by atoms with Crippen molar-refractivity contribution in [3.63, 3.8) is 0 Å². The Balaban J connectivity index is 1.76. The van der Waals surface area contributed by atoms with Crippen LogP contribution in [-0.2, 0) is 0 Å². The van der Waals surface area contributed by atoms with Gasteiger partial charge in [-0.2, -0.15) is 0 Å². The van der Waals surface area contributed by atoms with Crippen LogP contribution < -0.4 is 5.32 Å². The molecule has 3 aromatic heterocycles. The van der Waals surface area contributed by atoms with Crippen LogP contribution >= 0.6 is 11.3 Å². The molecule has 3 rings (SSSR count). The molecule has 2 unspecified atom stereocenters. The fraction of sp³-hybridized carbons (Fsp3) is 0.250. The van der Waals surface area contributed by atoms with Gasteiger partial charge < -0.3 is 5.32 Å². The van der Waals surface area contributed by atoms with Crippen LogP contribution in [0.4, 0.5) is 0 Å². The number of hydrogen-bond donors (Lipinski definition) is 1. The van der Waals surface area contributed by atoms with Crippen molar-refractivity contribution in [3.8, 4) is 0 Å². The minimum Gasteiger partial charge on any atom is -0.304 e. The standard InChI is InChI=1S/C16H17N3S/c1-11(13-4-3-6-17-9-13)19-12(2)14-8-16-15(18-10-14)5-7-20-16/h3-12,19H,1-2H3. The van der Waals surface area contributed by atoms with Gasteiger partial charge in [-0.25, -0.2) is 0 Å². The smallest absolute Gasteiger partial charge is 0.0809 e. The number of rotatable bonds is 4. The molecular formula is C16H17N3S. The van der Waals surface area contributed by atoms with Gasteiger partial charge in [-0.3, -0.25) is 9.97 Å². The number of fused-ring (bicyclic) bond motifs is 1. The molecule has 102 valence electrons. The highest BCUT2D eigenvalue weighted by Gasteiger charge is 2.12. The Morgan fingerprint density at radius 2 is 1.95 bits per heavy atom. The topological polar surface area (TPSA) is 37.8 Å². The monoisotopic (exact) mass is 283 g/mol. The summed E-state index contributed by atoms with van der Waals surface area (Å²) in [6.07, 6.45) is 5.67. The van der Waals surface area contributed by atoms with Gasteiger partial charge in [0.25, 0.3) is 0 Å². The van der Waals surface area contributed by atoms with Gasteiger partial charge >= 0.3 is 0 Å². The quantitative estimate of drug-likeness (QED) is 0.783. The minimum absolute atomic E-state index is 0.254. The summed E-state index contributed by atoms with van der Waals surface area (Å²) in [5.74, 6) is 0. The summed E-state index contributed by atoms with van der Waals surface area (Å²) in [7, 11) is 0. The Morgan fingerprint density at radius 1 is 1.10 bits per heavy atom. The summed E-state index contributed by atoms with van der Waals surface area (Å²) >= 11 is 1.73. The molecule has 0 bridgehead atoms. The van der Waals surface area contributed by atoms with Crippen LogP contribution in [0.1, 0.15) is 37.1 Å². The molecule has 0 saturated carbocycles. The van der Waals surface area contributed by atoms with Crippen LogP contribution in [0.5, 0.6) is 0 Å². The Morgan fingerprint density at radius 3 is 2.75 bits per heavy atom.